The Balaban J connectivity index is 1.96. The van der Waals surface area contributed by atoms with Gasteiger partial charge in [0.15, 0.2) is 0 Å². The quantitative estimate of drug-likeness (QED) is 0.814. The first-order valence-corrected chi connectivity index (χ1v) is 6.65. The number of thiophene rings is 1. The van der Waals surface area contributed by atoms with Crippen molar-refractivity contribution in [1.82, 2.24) is 0 Å². The smallest absolute Gasteiger partial charge is 0.0451 e. The molecule has 2 heteroatoms. The van der Waals surface area contributed by atoms with Gasteiger partial charge in [0.1, 0.15) is 0 Å². The van der Waals surface area contributed by atoms with Crippen LogP contribution in [0.5, 0.6) is 0 Å². The molecular weight excluding hydrogens is 214 g/mol. The lowest BCUT2D eigenvalue weighted by molar-refractivity contribution is 0.691. The summed E-state index contributed by atoms with van der Waals surface area (Å²) >= 11 is 1.74. The SMILES string of the molecule is CCC(Cc1ccccc1)Nc1ccsc1. The van der Waals surface area contributed by atoms with E-state index in [9.17, 15) is 0 Å². The van der Waals surface area contributed by atoms with Crippen LogP contribution in [0.3, 0.4) is 0 Å². The lowest BCUT2D eigenvalue weighted by Crippen LogP contribution is -2.20. The molecule has 0 aliphatic carbocycles. The highest BCUT2D eigenvalue weighted by Gasteiger charge is 2.06. The lowest BCUT2D eigenvalue weighted by Gasteiger charge is -2.17. The summed E-state index contributed by atoms with van der Waals surface area (Å²) in [6.07, 6.45) is 2.23. The van der Waals surface area contributed by atoms with E-state index in [2.05, 4.69) is 59.4 Å². The Morgan fingerprint density at radius 2 is 2.00 bits per heavy atom. The van der Waals surface area contributed by atoms with Gasteiger partial charge in [-0.15, -0.1) is 0 Å². The van der Waals surface area contributed by atoms with Crippen LogP contribution in [-0.4, -0.2) is 6.04 Å². The minimum Gasteiger partial charge on any atom is -0.381 e. The zero-order valence-electron chi connectivity index (χ0n) is 9.52. The highest BCUT2D eigenvalue weighted by atomic mass is 32.1. The molecule has 1 aromatic heterocycles. The van der Waals surface area contributed by atoms with Gasteiger partial charge in [0.05, 0.1) is 0 Å². The van der Waals surface area contributed by atoms with E-state index >= 15 is 0 Å². The zero-order valence-corrected chi connectivity index (χ0v) is 10.3. The summed E-state index contributed by atoms with van der Waals surface area (Å²) < 4.78 is 0. The van der Waals surface area contributed by atoms with Crippen molar-refractivity contribution in [2.24, 2.45) is 0 Å². The Labute approximate surface area is 101 Å². The van der Waals surface area contributed by atoms with E-state index in [1.807, 2.05) is 0 Å². The molecule has 0 spiro atoms. The third-order valence-corrected chi connectivity index (χ3v) is 3.39. The number of rotatable bonds is 5. The molecule has 0 aliphatic heterocycles. The second kappa shape index (κ2) is 5.71. The van der Waals surface area contributed by atoms with Gasteiger partial charge in [-0.1, -0.05) is 37.3 Å². The van der Waals surface area contributed by atoms with Gasteiger partial charge in [-0.05, 0) is 29.9 Å². The van der Waals surface area contributed by atoms with E-state index in [-0.39, 0.29) is 0 Å². The van der Waals surface area contributed by atoms with Crippen LogP contribution in [0.1, 0.15) is 18.9 Å². The second-order valence-corrected chi connectivity index (χ2v) is 4.73. The molecule has 0 aliphatic rings. The topological polar surface area (TPSA) is 12.0 Å². The van der Waals surface area contributed by atoms with Gasteiger partial charge in [0, 0.05) is 17.1 Å². The van der Waals surface area contributed by atoms with Crippen molar-refractivity contribution in [2.75, 3.05) is 5.32 Å². The van der Waals surface area contributed by atoms with E-state index in [1.165, 1.54) is 11.3 Å². The van der Waals surface area contributed by atoms with E-state index in [0.29, 0.717) is 6.04 Å². The first kappa shape index (κ1) is 11.2. The molecule has 1 heterocycles. The van der Waals surface area contributed by atoms with Gasteiger partial charge < -0.3 is 5.32 Å². The standard InChI is InChI=1S/C14H17NS/c1-2-13(15-14-8-9-16-11-14)10-12-6-4-3-5-7-12/h3-9,11,13,15H,2,10H2,1H3. The number of nitrogens with one attached hydrogen (secondary N) is 1. The summed E-state index contributed by atoms with van der Waals surface area (Å²) in [6.45, 7) is 2.23. The van der Waals surface area contributed by atoms with Crippen molar-refractivity contribution in [1.29, 1.82) is 0 Å². The first-order valence-electron chi connectivity index (χ1n) is 5.71. The minimum atomic E-state index is 0.525. The van der Waals surface area contributed by atoms with Crippen LogP contribution in [0.25, 0.3) is 0 Å². The molecule has 84 valence electrons. The van der Waals surface area contributed by atoms with Crippen molar-refractivity contribution in [3.63, 3.8) is 0 Å². The van der Waals surface area contributed by atoms with Gasteiger partial charge in [0.2, 0.25) is 0 Å². The summed E-state index contributed by atoms with van der Waals surface area (Å²) in [5.74, 6) is 0. The van der Waals surface area contributed by atoms with Crippen LogP contribution in [0.2, 0.25) is 0 Å². The number of benzene rings is 1. The van der Waals surface area contributed by atoms with Crippen LogP contribution in [0.4, 0.5) is 5.69 Å². The molecule has 0 saturated heterocycles. The minimum absolute atomic E-state index is 0.525. The maximum atomic E-state index is 3.57. The van der Waals surface area contributed by atoms with Gasteiger partial charge in [-0.25, -0.2) is 0 Å². The molecule has 0 radical (unpaired) electrons. The Kier molecular flexibility index (Phi) is 4.00. The highest BCUT2D eigenvalue weighted by molar-refractivity contribution is 7.08. The fraction of sp³-hybridized carbons (Fsp3) is 0.286. The van der Waals surface area contributed by atoms with Gasteiger partial charge in [-0.2, -0.15) is 11.3 Å². The molecule has 16 heavy (non-hydrogen) atoms. The fourth-order valence-electron chi connectivity index (χ4n) is 1.78. The van der Waals surface area contributed by atoms with Crippen LogP contribution in [0, 0.1) is 0 Å². The maximum Gasteiger partial charge on any atom is 0.0451 e. The van der Waals surface area contributed by atoms with Crippen molar-refractivity contribution in [3.8, 4) is 0 Å². The molecule has 2 aromatic rings. The predicted octanol–water partition coefficient (Wildman–Crippen LogP) is 4.18. The summed E-state index contributed by atoms with van der Waals surface area (Å²) in [6, 6.07) is 13.3. The molecule has 1 unspecified atom stereocenters. The van der Waals surface area contributed by atoms with Gasteiger partial charge in [-0.3, -0.25) is 0 Å². The van der Waals surface area contributed by atoms with Gasteiger partial charge >= 0.3 is 0 Å². The maximum absolute atomic E-state index is 3.57. The van der Waals surface area contributed by atoms with Crippen LogP contribution in [0.15, 0.2) is 47.2 Å². The molecular formula is C14H17NS. The normalized spacial score (nSPS) is 12.3. The van der Waals surface area contributed by atoms with E-state index in [4.69, 9.17) is 0 Å². The van der Waals surface area contributed by atoms with Crippen LogP contribution >= 0.6 is 11.3 Å². The molecule has 1 N–H and O–H groups in total. The fourth-order valence-corrected chi connectivity index (χ4v) is 2.38. The third kappa shape index (κ3) is 3.11. The number of hydrogen-bond donors (Lipinski definition) is 1. The molecule has 0 bridgehead atoms. The van der Waals surface area contributed by atoms with Crippen molar-refractivity contribution in [2.45, 2.75) is 25.8 Å². The first-order chi connectivity index (χ1) is 7.88. The number of anilines is 1. The molecule has 1 aromatic carbocycles. The Bertz CT molecular complexity index is 394. The number of hydrogen-bond acceptors (Lipinski definition) is 2. The van der Waals surface area contributed by atoms with Crippen molar-refractivity contribution >= 4 is 17.0 Å². The van der Waals surface area contributed by atoms with Crippen LogP contribution in [-0.2, 0) is 6.42 Å². The molecule has 2 rings (SSSR count). The van der Waals surface area contributed by atoms with Crippen molar-refractivity contribution in [3.05, 3.63) is 52.7 Å². The average molecular weight is 231 g/mol. The van der Waals surface area contributed by atoms with E-state index < -0.39 is 0 Å². The Morgan fingerprint density at radius 3 is 2.62 bits per heavy atom. The lowest BCUT2D eigenvalue weighted by atomic mass is 10.0. The highest BCUT2D eigenvalue weighted by Crippen LogP contribution is 2.16. The van der Waals surface area contributed by atoms with E-state index in [0.717, 1.165) is 12.8 Å². The Morgan fingerprint density at radius 1 is 1.19 bits per heavy atom. The molecule has 1 atom stereocenters. The monoisotopic (exact) mass is 231 g/mol. The van der Waals surface area contributed by atoms with E-state index in [1.54, 1.807) is 11.3 Å². The molecule has 0 fully saturated rings. The predicted molar refractivity (Wildman–Crippen MR) is 72.2 cm³/mol. The summed E-state index contributed by atoms with van der Waals surface area (Å²) in [5, 5.41) is 7.84. The van der Waals surface area contributed by atoms with Crippen molar-refractivity contribution < 1.29 is 0 Å². The Hall–Kier alpha value is -1.28. The summed E-state index contributed by atoms with van der Waals surface area (Å²) in [4.78, 5) is 0. The zero-order chi connectivity index (χ0) is 11.2. The average Bonchev–Trinajstić information content (AvgIpc) is 2.82. The molecule has 1 nitrogen and oxygen atoms in total. The van der Waals surface area contributed by atoms with Crippen LogP contribution < -0.4 is 5.32 Å². The molecule has 0 saturated carbocycles. The largest absolute Gasteiger partial charge is 0.381 e. The van der Waals surface area contributed by atoms with Gasteiger partial charge in [0.25, 0.3) is 0 Å². The summed E-state index contributed by atoms with van der Waals surface area (Å²) in [5.41, 5.74) is 2.64. The summed E-state index contributed by atoms with van der Waals surface area (Å²) in [7, 11) is 0. The molecule has 0 amide bonds. The second-order valence-electron chi connectivity index (χ2n) is 3.95. The third-order valence-electron chi connectivity index (χ3n) is 2.71.